The van der Waals surface area contributed by atoms with Crippen LogP contribution in [-0.2, 0) is 21.3 Å². The van der Waals surface area contributed by atoms with E-state index < -0.39 is 10.0 Å². The molecule has 2 aliphatic heterocycles. The standard InChI is InChI=1S/C19H22N4O4S/c24-19(21-11-14-2-1-9-20-10-14)22-15-3-7-18(8-4-15)28(25,26)23-16-5-6-17(23)13-27-12-16/h1-4,7-10,16-17H,5-6,11-13H2,(H2,21,22,24). The summed E-state index contributed by atoms with van der Waals surface area (Å²) in [7, 11) is -3.57. The third-order valence-electron chi connectivity index (χ3n) is 5.04. The van der Waals surface area contributed by atoms with E-state index in [0.717, 1.165) is 18.4 Å². The van der Waals surface area contributed by atoms with Crippen molar-refractivity contribution in [3.05, 3.63) is 54.4 Å². The normalized spacial score (nSPS) is 22.0. The molecule has 2 bridgehead atoms. The second-order valence-electron chi connectivity index (χ2n) is 6.95. The van der Waals surface area contributed by atoms with Crippen LogP contribution in [0.15, 0.2) is 53.7 Å². The van der Waals surface area contributed by atoms with Gasteiger partial charge in [0.25, 0.3) is 0 Å². The maximum Gasteiger partial charge on any atom is 0.319 e. The van der Waals surface area contributed by atoms with E-state index in [-0.39, 0.29) is 23.0 Å². The summed E-state index contributed by atoms with van der Waals surface area (Å²) in [6.07, 6.45) is 5.02. The van der Waals surface area contributed by atoms with Gasteiger partial charge < -0.3 is 15.4 Å². The second-order valence-corrected chi connectivity index (χ2v) is 8.79. The van der Waals surface area contributed by atoms with E-state index in [2.05, 4.69) is 15.6 Å². The highest BCUT2D eigenvalue weighted by molar-refractivity contribution is 7.89. The van der Waals surface area contributed by atoms with Gasteiger partial charge in [-0.05, 0) is 48.7 Å². The molecule has 2 aromatic rings. The van der Waals surface area contributed by atoms with E-state index in [1.54, 1.807) is 34.9 Å². The van der Waals surface area contributed by atoms with Crippen LogP contribution >= 0.6 is 0 Å². The van der Waals surface area contributed by atoms with Crippen LogP contribution in [0.2, 0.25) is 0 Å². The third kappa shape index (κ3) is 3.87. The lowest BCUT2D eigenvalue weighted by atomic mass is 10.2. The number of rotatable bonds is 5. The van der Waals surface area contributed by atoms with Crippen molar-refractivity contribution in [1.29, 1.82) is 0 Å². The molecule has 2 aliphatic rings. The van der Waals surface area contributed by atoms with Crippen molar-refractivity contribution >= 4 is 21.7 Å². The number of benzene rings is 1. The highest BCUT2D eigenvalue weighted by Crippen LogP contribution is 2.34. The monoisotopic (exact) mass is 402 g/mol. The van der Waals surface area contributed by atoms with Crippen LogP contribution < -0.4 is 10.6 Å². The number of carbonyl (C=O) groups is 1. The van der Waals surface area contributed by atoms with Crippen molar-refractivity contribution in [2.45, 2.75) is 36.4 Å². The Balaban J connectivity index is 1.39. The molecule has 1 aromatic heterocycles. The van der Waals surface area contributed by atoms with E-state index in [4.69, 9.17) is 4.74 Å². The van der Waals surface area contributed by atoms with Gasteiger partial charge in [0, 0.05) is 36.7 Å². The summed E-state index contributed by atoms with van der Waals surface area (Å²) in [5, 5.41) is 5.43. The maximum absolute atomic E-state index is 13.0. The van der Waals surface area contributed by atoms with Crippen LogP contribution in [0.3, 0.4) is 0 Å². The first-order valence-electron chi connectivity index (χ1n) is 9.19. The molecular formula is C19H22N4O4S. The predicted octanol–water partition coefficient (Wildman–Crippen LogP) is 1.96. The molecule has 0 radical (unpaired) electrons. The number of morpholine rings is 1. The van der Waals surface area contributed by atoms with Gasteiger partial charge in [0.15, 0.2) is 0 Å². The smallest absolute Gasteiger partial charge is 0.319 e. The SMILES string of the molecule is O=C(NCc1cccnc1)Nc1ccc(S(=O)(=O)N2C3CCC2COC3)cc1. The van der Waals surface area contributed by atoms with Crippen molar-refractivity contribution in [2.24, 2.45) is 0 Å². The predicted molar refractivity (Wildman–Crippen MR) is 103 cm³/mol. The minimum Gasteiger partial charge on any atom is -0.378 e. The number of carbonyl (C=O) groups excluding carboxylic acids is 1. The highest BCUT2D eigenvalue weighted by Gasteiger charge is 2.44. The van der Waals surface area contributed by atoms with Crippen LogP contribution in [0, 0.1) is 0 Å². The first-order chi connectivity index (χ1) is 13.5. The Morgan fingerprint density at radius 3 is 2.50 bits per heavy atom. The van der Waals surface area contributed by atoms with Gasteiger partial charge in [-0.15, -0.1) is 0 Å². The zero-order valence-corrected chi connectivity index (χ0v) is 16.1. The van der Waals surface area contributed by atoms with Crippen molar-refractivity contribution in [3.63, 3.8) is 0 Å². The number of hydrogen-bond acceptors (Lipinski definition) is 5. The Morgan fingerprint density at radius 2 is 1.86 bits per heavy atom. The molecular weight excluding hydrogens is 380 g/mol. The molecule has 0 spiro atoms. The van der Waals surface area contributed by atoms with Gasteiger partial charge >= 0.3 is 6.03 Å². The van der Waals surface area contributed by atoms with Crippen molar-refractivity contribution in [1.82, 2.24) is 14.6 Å². The summed E-state index contributed by atoms with van der Waals surface area (Å²) in [6, 6.07) is 9.38. The number of pyridine rings is 1. The topological polar surface area (TPSA) is 101 Å². The molecule has 2 amide bonds. The number of ether oxygens (including phenoxy) is 1. The fourth-order valence-electron chi connectivity index (χ4n) is 3.68. The average molecular weight is 402 g/mol. The molecule has 0 saturated carbocycles. The van der Waals surface area contributed by atoms with E-state index >= 15 is 0 Å². The number of nitrogens with zero attached hydrogens (tertiary/aromatic N) is 2. The fourth-order valence-corrected chi connectivity index (χ4v) is 5.52. The third-order valence-corrected chi connectivity index (χ3v) is 7.06. The molecule has 2 saturated heterocycles. The minimum atomic E-state index is -3.57. The van der Waals surface area contributed by atoms with Gasteiger partial charge in [0.05, 0.1) is 18.1 Å². The van der Waals surface area contributed by atoms with E-state index in [1.807, 2.05) is 6.07 Å². The molecule has 1 aromatic carbocycles. The van der Waals surface area contributed by atoms with Gasteiger partial charge in [-0.25, -0.2) is 13.2 Å². The Morgan fingerprint density at radius 1 is 1.14 bits per heavy atom. The summed E-state index contributed by atoms with van der Waals surface area (Å²) >= 11 is 0. The van der Waals surface area contributed by atoms with Crippen molar-refractivity contribution < 1.29 is 17.9 Å². The summed E-state index contributed by atoms with van der Waals surface area (Å²) in [5.74, 6) is 0. The number of urea groups is 1. The lowest BCUT2D eigenvalue weighted by Gasteiger charge is -2.33. The lowest BCUT2D eigenvalue weighted by molar-refractivity contribution is 0.0269. The molecule has 2 unspecified atom stereocenters. The number of amides is 2. The summed E-state index contributed by atoms with van der Waals surface area (Å²) < 4.78 is 33.1. The van der Waals surface area contributed by atoms with Crippen LogP contribution in [0.4, 0.5) is 10.5 Å². The van der Waals surface area contributed by atoms with Crippen LogP contribution in [0.25, 0.3) is 0 Å². The number of fused-ring (bicyclic) bond motifs is 2. The number of anilines is 1. The Hall–Kier alpha value is -2.49. The molecule has 2 N–H and O–H groups in total. The maximum atomic E-state index is 13.0. The fraction of sp³-hybridized carbons (Fsp3) is 0.368. The van der Waals surface area contributed by atoms with Gasteiger partial charge in [-0.3, -0.25) is 4.98 Å². The minimum absolute atomic E-state index is 0.0835. The number of sulfonamides is 1. The van der Waals surface area contributed by atoms with E-state index in [1.165, 1.54) is 12.1 Å². The first kappa shape index (κ1) is 18.9. The molecule has 3 heterocycles. The summed E-state index contributed by atoms with van der Waals surface area (Å²) in [6.45, 7) is 1.25. The largest absolute Gasteiger partial charge is 0.378 e. The number of aromatic nitrogens is 1. The van der Waals surface area contributed by atoms with Gasteiger partial charge in [-0.1, -0.05) is 6.07 Å². The quantitative estimate of drug-likeness (QED) is 0.796. The van der Waals surface area contributed by atoms with Gasteiger partial charge in [0.2, 0.25) is 10.0 Å². The number of nitrogens with one attached hydrogen (secondary N) is 2. The molecule has 28 heavy (non-hydrogen) atoms. The highest BCUT2D eigenvalue weighted by atomic mass is 32.2. The molecule has 9 heteroatoms. The lowest BCUT2D eigenvalue weighted by Crippen LogP contribution is -2.48. The molecule has 8 nitrogen and oxygen atoms in total. The van der Waals surface area contributed by atoms with Gasteiger partial charge in [0.1, 0.15) is 0 Å². The van der Waals surface area contributed by atoms with Crippen molar-refractivity contribution in [3.8, 4) is 0 Å². The van der Waals surface area contributed by atoms with E-state index in [9.17, 15) is 13.2 Å². The Bertz CT molecular complexity index is 918. The van der Waals surface area contributed by atoms with Crippen LogP contribution in [0.1, 0.15) is 18.4 Å². The van der Waals surface area contributed by atoms with Crippen molar-refractivity contribution in [2.75, 3.05) is 18.5 Å². The van der Waals surface area contributed by atoms with Crippen LogP contribution in [-0.4, -0.2) is 49.0 Å². The molecule has 0 aliphatic carbocycles. The number of hydrogen-bond donors (Lipinski definition) is 2. The average Bonchev–Trinajstić information content (AvgIpc) is 2.98. The molecule has 2 atom stereocenters. The second kappa shape index (κ2) is 7.86. The Kier molecular flexibility index (Phi) is 5.29. The first-order valence-corrected chi connectivity index (χ1v) is 10.6. The zero-order chi connectivity index (χ0) is 19.6. The van der Waals surface area contributed by atoms with E-state index in [0.29, 0.717) is 25.4 Å². The Labute approximate surface area is 164 Å². The molecule has 2 fully saturated rings. The summed E-state index contributed by atoms with van der Waals surface area (Å²) in [5.41, 5.74) is 1.41. The van der Waals surface area contributed by atoms with Gasteiger partial charge in [-0.2, -0.15) is 4.31 Å². The summed E-state index contributed by atoms with van der Waals surface area (Å²) in [4.78, 5) is 16.2. The van der Waals surface area contributed by atoms with Crippen LogP contribution in [0.5, 0.6) is 0 Å². The molecule has 148 valence electrons. The zero-order valence-electron chi connectivity index (χ0n) is 15.2. The molecule has 4 rings (SSSR count).